The maximum Gasteiger partial charge on any atom is 0.565 e. The lowest BCUT2D eigenvalue weighted by molar-refractivity contribution is -0.121. The van der Waals surface area contributed by atoms with E-state index in [1.807, 2.05) is 18.2 Å². The molecule has 0 saturated heterocycles. The lowest BCUT2D eigenvalue weighted by Crippen LogP contribution is -2.34. The van der Waals surface area contributed by atoms with Gasteiger partial charge in [-0.05, 0) is 29.8 Å². The van der Waals surface area contributed by atoms with Crippen molar-refractivity contribution >= 4 is 35.6 Å². The van der Waals surface area contributed by atoms with Crippen LogP contribution in [0.4, 0.5) is 5.69 Å². The Morgan fingerprint density at radius 1 is 1.28 bits per heavy atom. The molecule has 2 heterocycles. The maximum absolute atomic E-state index is 10.7. The molecule has 0 fully saturated rings. The fraction of sp³-hybridized carbons (Fsp3) is 0.0526. The Hall–Kier alpha value is -3.92. The summed E-state index contributed by atoms with van der Waals surface area (Å²) < 4.78 is 11.8. The Morgan fingerprint density at radius 3 is 2.86 bits per heavy atom. The highest BCUT2D eigenvalue weighted by molar-refractivity contribution is 6.62. The van der Waals surface area contributed by atoms with E-state index in [0.29, 0.717) is 33.7 Å². The highest BCUT2D eigenvalue weighted by Crippen LogP contribution is 2.32. The van der Waals surface area contributed by atoms with Crippen LogP contribution < -0.4 is 15.9 Å². The third kappa shape index (κ3) is 3.36. The van der Waals surface area contributed by atoms with E-state index in [-0.39, 0.29) is 6.47 Å². The van der Waals surface area contributed by atoms with Crippen LogP contribution in [0.25, 0.3) is 27.7 Å². The molecule has 0 saturated carbocycles. The number of ether oxygens (including phenoxy) is 1. The highest BCUT2D eigenvalue weighted by Gasteiger charge is 2.26. The minimum Gasteiger partial charge on any atom is -0.508 e. The first-order valence-corrected chi connectivity index (χ1v) is 8.62. The van der Waals surface area contributed by atoms with Gasteiger partial charge in [-0.2, -0.15) is 15.3 Å². The number of nitrogens with two attached hydrogens (primary N) is 1. The molecule has 9 nitrogen and oxygen atoms in total. The monoisotopic (exact) mass is 389 g/mol. The van der Waals surface area contributed by atoms with Gasteiger partial charge in [-0.1, -0.05) is 6.07 Å². The first kappa shape index (κ1) is 18.4. The summed E-state index contributed by atoms with van der Waals surface area (Å²) in [5.74, 6) is 0.346. The van der Waals surface area contributed by atoms with Crippen molar-refractivity contribution in [2.45, 2.75) is 0 Å². The summed E-state index contributed by atoms with van der Waals surface area (Å²) in [4.78, 5) is 10.7. The summed E-state index contributed by atoms with van der Waals surface area (Å²) in [6, 6.07) is 10.8. The van der Waals surface area contributed by atoms with Gasteiger partial charge in [0, 0.05) is 34.9 Å². The van der Waals surface area contributed by atoms with Gasteiger partial charge < -0.3 is 20.1 Å². The van der Waals surface area contributed by atoms with Crippen LogP contribution in [0.15, 0.2) is 55.0 Å². The van der Waals surface area contributed by atoms with Gasteiger partial charge in [0.1, 0.15) is 5.75 Å². The summed E-state index contributed by atoms with van der Waals surface area (Å²) >= 11 is 0. The molecule has 0 amide bonds. The third-order valence-corrected chi connectivity index (χ3v) is 4.53. The lowest BCUT2D eigenvalue weighted by atomic mass is 9.77. The number of rotatable bonds is 6. The molecule has 3 N–H and O–H groups in total. The van der Waals surface area contributed by atoms with Gasteiger partial charge in [-0.15, -0.1) is 0 Å². The van der Waals surface area contributed by atoms with Gasteiger partial charge in [0.2, 0.25) is 0 Å². The molecule has 144 valence electrons. The number of carbonyl (C=O) groups is 1. The molecule has 0 spiro atoms. The van der Waals surface area contributed by atoms with Crippen molar-refractivity contribution in [3.05, 3.63) is 55.0 Å². The lowest BCUT2D eigenvalue weighted by Gasteiger charge is -2.17. The minimum absolute atomic E-state index is 0.180. The average Bonchev–Trinajstić information content (AvgIpc) is 3.27. The molecule has 0 aliphatic heterocycles. The molecule has 0 aliphatic rings. The molecule has 0 unspecified atom stereocenters. The Morgan fingerprint density at radius 2 is 2.14 bits per heavy atom. The van der Waals surface area contributed by atoms with E-state index in [1.54, 1.807) is 35.3 Å². The SMILES string of the molecule is COc1cc(-n2cccn2)c(-c2ccc3c(N)cnnc3c2)cc1B(O)OC=O. The van der Waals surface area contributed by atoms with E-state index in [9.17, 15) is 9.82 Å². The summed E-state index contributed by atoms with van der Waals surface area (Å²) in [6.07, 6.45) is 4.94. The summed E-state index contributed by atoms with van der Waals surface area (Å²) in [7, 11) is -0.0170. The second-order valence-electron chi connectivity index (χ2n) is 6.18. The molecular formula is C19H16BN5O4. The van der Waals surface area contributed by atoms with Crippen LogP contribution in [0.3, 0.4) is 0 Å². The maximum atomic E-state index is 10.7. The Kier molecular flexibility index (Phi) is 4.84. The molecule has 10 heteroatoms. The van der Waals surface area contributed by atoms with Gasteiger partial charge in [0.15, 0.2) is 0 Å². The van der Waals surface area contributed by atoms with Gasteiger partial charge in [0.25, 0.3) is 6.47 Å². The number of aromatic nitrogens is 4. The topological polar surface area (TPSA) is 125 Å². The van der Waals surface area contributed by atoms with Crippen LogP contribution in [0.1, 0.15) is 0 Å². The number of hydrogen-bond donors (Lipinski definition) is 2. The predicted octanol–water partition coefficient (Wildman–Crippen LogP) is 0.934. The molecule has 2 aromatic carbocycles. The zero-order chi connectivity index (χ0) is 20.4. The Balaban J connectivity index is 1.97. The third-order valence-electron chi connectivity index (χ3n) is 4.53. The van der Waals surface area contributed by atoms with Gasteiger partial charge >= 0.3 is 7.12 Å². The molecule has 0 aliphatic carbocycles. The van der Waals surface area contributed by atoms with Crippen molar-refractivity contribution in [1.29, 1.82) is 0 Å². The Bertz CT molecular complexity index is 1180. The quantitative estimate of drug-likeness (QED) is 0.369. The van der Waals surface area contributed by atoms with E-state index < -0.39 is 7.12 Å². The largest absolute Gasteiger partial charge is 0.565 e. The van der Waals surface area contributed by atoms with Crippen molar-refractivity contribution < 1.29 is 19.2 Å². The number of methoxy groups -OCH3 is 1. The van der Waals surface area contributed by atoms with Crippen LogP contribution >= 0.6 is 0 Å². The van der Waals surface area contributed by atoms with E-state index in [4.69, 9.17) is 15.1 Å². The van der Waals surface area contributed by atoms with Crippen LogP contribution in [-0.2, 0) is 9.45 Å². The van der Waals surface area contributed by atoms with E-state index in [2.05, 4.69) is 15.3 Å². The predicted molar refractivity (Wildman–Crippen MR) is 108 cm³/mol. The van der Waals surface area contributed by atoms with E-state index >= 15 is 0 Å². The number of fused-ring (bicyclic) bond motifs is 1. The van der Waals surface area contributed by atoms with Crippen molar-refractivity contribution in [3.63, 3.8) is 0 Å². The molecule has 29 heavy (non-hydrogen) atoms. The summed E-state index contributed by atoms with van der Waals surface area (Å²) in [5.41, 5.74) is 9.61. The second kappa shape index (κ2) is 7.60. The molecule has 0 bridgehead atoms. The molecule has 4 rings (SSSR count). The molecule has 0 atom stereocenters. The average molecular weight is 389 g/mol. The van der Waals surface area contributed by atoms with Gasteiger partial charge in [-0.3, -0.25) is 4.79 Å². The molecule has 4 aromatic rings. The van der Waals surface area contributed by atoms with Crippen LogP contribution in [0, 0.1) is 0 Å². The number of hydrogen-bond acceptors (Lipinski definition) is 8. The summed E-state index contributed by atoms with van der Waals surface area (Å²) in [5, 5.41) is 23.4. The molecule has 0 radical (unpaired) electrons. The van der Waals surface area contributed by atoms with E-state index in [0.717, 1.165) is 10.9 Å². The fourth-order valence-corrected chi connectivity index (χ4v) is 3.16. The van der Waals surface area contributed by atoms with Crippen LogP contribution in [-0.4, -0.2) is 45.7 Å². The van der Waals surface area contributed by atoms with Crippen molar-refractivity contribution in [2.24, 2.45) is 0 Å². The number of benzene rings is 2. The number of carbonyl (C=O) groups excluding carboxylic acids is 1. The van der Waals surface area contributed by atoms with Crippen LogP contribution in [0.5, 0.6) is 5.75 Å². The number of anilines is 1. The zero-order valence-electron chi connectivity index (χ0n) is 15.4. The Labute approximate surface area is 165 Å². The smallest absolute Gasteiger partial charge is 0.508 e. The zero-order valence-corrected chi connectivity index (χ0v) is 15.4. The molecular weight excluding hydrogens is 373 g/mol. The first-order chi connectivity index (χ1) is 14.1. The number of nitrogen functional groups attached to an aromatic ring is 1. The second-order valence-corrected chi connectivity index (χ2v) is 6.18. The normalized spacial score (nSPS) is 10.7. The van der Waals surface area contributed by atoms with Gasteiger partial charge in [-0.25, -0.2) is 4.68 Å². The molecule has 2 aromatic heterocycles. The van der Waals surface area contributed by atoms with Crippen molar-refractivity contribution in [3.8, 4) is 22.6 Å². The summed E-state index contributed by atoms with van der Waals surface area (Å²) in [6.45, 7) is 0.180. The first-order valence-electron chi connectivity index (χ1n) is 8.62. The fourth-order valence-electron chi connectivity index (χ4n) is 3.16. The van der Waals surface area contributed by atoms with Gasteiger partial charge in [0.05, 0.1) is 30.2 Å². The van der Waals surface area contributed by atoms with Crippen LogP contribution in [0.2, 0.25) is 0 Å². The minimum atomic E-state index is -1.48. The van der Waals surface area contributed by atoms with Crippen molar-refractivity contribution in [1.82, 2.24) is 20.0 Å². The highest BCUT2D eigenvalue weighted by atomic mass is 16.6. The standard InChI is InChI=1S/C19H16BN5O4/c1-28-19-9-18(25-6-2-5-23-25)14(8-15(19)20(27)29-11-26)12-3-4-13-16(21)10-22-24-17(13)7-12/h2-11,27H,1H3,(H2,21,24). The van der Waals surface area contributed by atoms with E-state index in [1.165, 1.54) is 13.3 Å². The number of nitrogens with zero attached hydrogens (tertiary/aromatic N) is 4. The van der Waals surface area contributed by atoms with Crippen molar-refractivity contribution in [2.75, 3.05) is 12.8 Å².